The highest BCUT2D eigenvalue weighted by Crippen LogP contribution is 2.15. The average Bonchev–Trinajstić information content (AvgIpc) is 2.28. The highest BCUT2D eigenvalue weighted by Gasteiger charge is 2.02. The van der Waals surface area contributed by atoms with Crippen LogP contribution in [-0.4, -0.2) is 57.0 Å². The van der Waals surface area contributed by atoms with E-state index in [0.717, 1.165) is 11.0 Å². The number of ether oxygens (including phenoxy) is 1. The van der Waals surface area contributed by atoms with E-state index in [4.69, 9.17) is 9.84 Å². The smallest absolute Gasteiger partial charge is 0.127 e. The number of hydrogen-bond donors (Lipinski definition) is 1. The monoisotopic (exact) mass is 255 g/mol. The fourth-order valence-corrected chi connectivity index (χ4v) is 1.11. The van der Waals surface area contributed by atoms with Crippen molar-refractivity contribution in [3.63, 3.8) is 0 Å². The molecule has 102 valence electrons. The topological polar surface area (TPSA) is 69.6 Å². The molecule has 0 spiro atoms. The van der Waals surface area contributed by atoms with Crippen LogP contribution in [0.4, 0.5) is 0 Å². The molecule has 1 N–H and O–H groups in total. The SMILES string of the molecule is COc1ccccc1C(=O)[O-].C[N+](C)(C)CCO. The zero-order valence-electron chi connectivity index (χ0n) is 11.3. The Labute approximate surface area is 108 Å². The predicted octanol–water partition coefficient (Wildman–Crippen LogP) is -0.256. The lowest BCUT2D eigenvalue weighted by Crippen LogP contribution is -2.36. The zero-order valence-corrected chi connectivity index (χ0v) is 11.3. The van der Waals surface area contributed by atoms with Crippen LogP contribution in [0, 0.1) is 0 Å². The largest absolute Gasteiger partial charge is 0.545 e. The Hall–Kier alpha value is -1.59. The molecule has 5 heteroatoms. The maximum absolute atomic E-state index is 10.4. The lowest BCUT2D eigenvalue weighted by molar-refractivity contribution is -0.870. The molecule has 0 saturated carbocycles. The van der Waals surface area contributed by atoms with Crippen LogP contribution in [0.3, 0.4) is 0 Å². The first-order valence-electron chi connectivity index (χ1n) is 5.57. The Balaban J connectivity index is 0.000000360. The van der Waals surface area contributed by atoms with Gasteiger partial charge in [-0.25, -0.2) is 0 Å². The second-order valence-electron chi connectivity index (χ2n) is 4.73. The Morgan fingerprint density at radius 2 is 1.89 bits per heavy atom. The van der Waals surface area contributed by atoms with E-state index in [9.17, 15) is 9.90 Å². The van der Waals surface area contributed by atoms with Gasteiger partial charge in [-0.05, 0) is 12.1 Å². The van der Waals surface area contributed by atoms with E-state index in [1.54, 1.807) is 18.2 Å². The lowest BCUT2D eigenvalue weighted by Gasteiger charge is -2.21. The third kappa shape index (κ3) is 6.88. The van der Waals surface area contributed by atoms with Gasteiger partial charge in [-0.1, -0.05) is 12.1 Å². The van der Waals surface area contributed by atoms with E-state index < -0.39 is 5.97 Å². The minimum absolute atomic E-state index is 0.0787. The van der Waals surface area contributed by atoms with Gasteiger partial charge < -0.3 is 24.2 Å². The van der Waals surface area contributed by atoms with Gasteiger partial charge in [0.2, 0.25) is 0 Å². The maximum atomic E-state index is 10.4. The fraction of sp³-hybridized carbons (Fsp3) is 0.462. The summed E-state index contributed by atoms with van der Waals surface area (Å²) >= 11 is 0. The molecule has 0 radical (unpaired) electrons. The molecule has 18 heavy (non-hydrogen) atoms. The molecule has 1 aromatic rings. The van der Waals surface area contributed by atoms with Crippen LogP contribution in [0.1, 0.15) is 10.4 Å². The molecule has 0 aliphatic heterocycles. The van der Waals surface area contributed by atoms with Gasteiger partial charge in [-0.3, -0.25) is 0 Å². The number of benzene rings is 1. The molecule has 0 amide bonds. The van der Waals surface area contributed by atoms with Crippen molar-refractivity contribution in [1.29, 1.82) is 0 Å². The number of methoxy groups -OCH3 is 1. The number of aliphatic hydroxyl groups is 1. The van der Waals surface area contributed by atoms with Crippen LogP contribution in [0.15, 0.2) is 24.3 Å². The van der Waals surface area contributed by atoms with Crippen molar-refractivity contribution in [3.8, 4) is 5.75 Å². The number of rotatable bonds is 4. The molecule has 0 aromatic heterocycles. The van der Waals surface area contributed by atoms with E-state index in [2.05, 4.69) is 21.1 Å². The Morgan fingerprint density at radius 3 is 2.17 bits per heavy atom. The number of carbonyl (C=O) groups excluding carboxylic acids is 1. The molecule has 0 heterocycles. The summed E-state index contributed by atoms with van der Waals surface area (Å²) in [5, 5.41) is 18.8. The van der Waals surface area contributed by atoms with Crippen LogP contribution >= 0.6 is 0 Å². The highest BCUT2D eigenvalue weighted by molar-refractivity contribution is 5.89. The van der Waals surface area contributed by atoms with Gasteiger partial charge in [-0.15, -0.1) is 0 Å². The summed E-state index contributed by atoms with van der Waals surface area (Å²) in [6.07, 6.45) is 0. The second kappa shape index (κ2) is 7.68. The maximum Gasteiger partial charge on any atom is 0.127 e. The van der Waals surface area contributed by atoms with Gasteiger partial charge >= 0.3 is 0 Å². The lowest BCUT2D eigenvalue weighted by atomic mass is 10.2. The van der Waals surface area contributed by atoms with Gasteiger partial charge in [0.05, 0.1) is 40.8 Å². The van der Waals surface area contributed by atoms with Gasteiger partial charge in [0.25, 0.3) is 0 Å². The van der Waals surface area contributed by atoms with E-state index in [-0.39, 0.29) is 12.2 Å². The van der Waals surface area contributed by atoms with Crippen molar-refractivity contribution in [3.05, 3.63) is 29.8 Å². The summed E-state index contributed by atoms with van der Waals surface area (Å²) in [5.74, 6) is -0.894. The standard InChI is InChI=1S/C8H8O3.C5H14NO/c1-11-7-5-3-2-4-6(7)8(9)10;1-6(2,3)4-5-7/h2-5H,1H3,(H,9,10);7H,4-5H2,1-3H3/q;+1/p-1. The number of carboxylic acids is 1. The van der Waals surface area contributed by atoms with Crippen LogP contribution in [0.5, 0.6) is 5.75 Å². The first-order valence-corrected chi connectivity index (χ1v) is 5.57. The van der Waals surface area contributed by atoms with E-state index >= 15 is 0 Å². The zero-order chi connectivity index (χ0) is 14.2. The first-order chi connectivity index (χ1) is 8.31. The van der Waals surface area contributed by atoms with Crippen LogP contribution in [-0.2, 0) is 0 Å². The van der Waals surface area contributed by atoms with E-state index in [0.29, 0.717) is 5.75 Å². The Morgan fingerprint density at radius 1 is 1.33 bits per heavy atom. The van der Waals surface area contributed by atoms with Crippen molar-refractivity contribution in [2.45, 2.75) is 0 Å². The molecular weight excluding hydrogens is 234 g/mol. The molecule has 0 saturated heterocycles. The van der Waals surface area contributed by atoms with Crippen LogP contribution < -0.4 is 9.84 Å². The molecule has 0 aliphatic rings. The number of carboxylic acid groups (broad SMARTS) is 1. The van der Waals surface area contributed by atoms with Crippen molar-refractivity contribution >= 4 is 5.97 Å². The number of para-hydroxylation sites is 1. The van der Waals surface area contributed by atoms with Crippen molar-refractivity contribution in [2.75, 3.05) is 41.4 Å². The number of hydrogen-bond acceptors (Lipinski definition) is 4. The van der Waals surface area contributed by atoms with Crippen molar-refractivity contribution < 1.29 is 24.2 Å². The summed E-state index contributed by atoms with van der Waals surface area (Å²) in [5.41, 5.74) is 0.0787. The third-order valence-electron chi connectivity index (χ3n) is 2.10. The Kier molecular flexibility index (Phi) is 7.00. The minimum atomic E-state index is -1.22. The van der Waals surface area contributed by atoms with Gasteiger partial charge in [0.15, 0.2) is 0 Å². The number of nitrogens with zero attached hydrogens (tertiary/aromatic N) is 1. The Bertz CT molecular complexity index is 371. The molecule has 0 unspecified atom stereocenters. The third-order valence-corrected chi connectivity index (χ3v) is 2.10. The summed E-state index contributed by atoms with van der Waals surface area (Å²) in [6, 6.07) is 6.33. The minimum Gasteiger partial charge on any atom is -0.545 e. The molecule has 1 rings (SSSR count). The number of likely N-dealkylation sites (N-methyl/N-ethyl adjacent to an activating group) is 1. The summed E-state index contributed by atoms with van der Waals surface area (Å²) in [7, 11) is 7.57. The molecule has 0 aliphatic carbocycles. The molecule has 0 fully saturated rings. The van der Waals surface area contributed by atoms with Crippen LogP contribution in [0.25, 0.3) is 0 Å². The molecule has 0 bridgehead atoms. The summed E-state index contributed by atoms with van der Waals surface area (Å²) in [6.45, 7) is 1.11. The average molecular weight is 255 g/mol. The van der Waals surface area contributed by atoms with E-state index in [1.165, 1.54) is 13.2 Å². The van der Waals surface area contributed by atoms with Crippen molar-refractivity contribution in [2.24, 2.45) is 0 Å². The van der Waals surface area contributed by atoms with Crippen molar-refractivity contribution in [1.82, 2.24) is 0 Å². The summed E-state index contributed by atoms with van der Waals surface area (Å²) < 4.78 is 5.63. The second-order valence-corrected chi connectivity index (χ2v) is 4.73. The number of aliphatic hydroxyl groups excluding tert-OH is 1. The summed E-state index contributed by atoms with van der Waals surface area (Å²) in [4.78, 5) is 10.4. The van der Waals surface area contributed by atoms with Gasteiger partial charge in [-0.2, -0.15) is 0 Å². The molecular formula is C13H21NO4. The number of aromatic carboxylic acids is 1. The van der Waals surface area contributed by atoms with E-state index in [1.807, 2.05) is 0 Å². The fourth-order valence-electron chi connectivity index (χ4n) is 1.11. The van der Waals surface area contributed by atoms with Gasteiger partial charge in [0, 0.05) is 5.56 Å². The number of carbonyl (C=O) groups is 1. The van der Waals surface area contributed by atoms with Gasteiger partial charge in [0.1, 0.15) is 12.3 Å². The normalized spacial score (nSPS) is 10.3. The van der Waals surface area contributed by atoms with Crippen LogP contribution in [0.2, 0.25) is 0 Å². The molecule has 5 nitrogen and oxygen atoms in total. The number of quaternary nitrogens is 1. The highest BCUT2D eigenvalue weighted by atomic mass is 16.5. The predicted molar refractivity (Wildman–Crippen MR) is 67.3 cm³/mol. The molecule has 0 atom stereocenters. The molecule has 1 aromatic carbocycles. The quantitative estimate of drug-likeness (QED) is 0.753. The first kappa shape index (κ1) is 16.4.